The standard InChI is InChI=1S/C16H11Cl2NO/c1-9-5-6-15-10(7-9)11(16(20)19-15)8-12-13(17)3-2-4-14(12)18/h2-8H,1H3,(H,19,20)/b11-8-. The highest BCUT2D eigenvalue weighted by atomic mass is 35.5. The van der Waals surface area contributed by atoms with Gasteiger partial charge < -0.3 is 5.32 Å². The van der Waals surface area contributed by atoms with Crippen LogP contribution < -0.4 is 5.32 Å². The van der Waals surface area contributed by atoms with E-state index in [1.807, 2.05) is 25.1 Å². The molecule has 0 saturated heterocycles. The summed E-state index contributed by atoms with van der Waals surface area (Å²) in [5, 5.41) is 3.89. The molecule has 0 aliphatic carbocycles. The minimum absolute atomic E-state index is 0.137. The van der Waals surface area contributed by atoms with E-state index >= 15 is 0 Å². The molecule has 0 bridgehead atoms. The molecule has 2 aromatic rings. The van der Waals surface area contributed by atoms with Gasteiger partial charge in [0, 0.05) is 32.4 Å². The molecule has 0 fully saturated rings. The molecule has 0 radical (unpaired) electrons. The highest BCUT2D eigenvalue weighted by molar-refractivity contribution is 6.40. The van der Waals surface area contributed by atoms with Crippen LogP contribution in [-0.2, 0) is 4.79 Å². The van der Waals surface area contributed by atoms with Gasteiger partial charge in [-0.2, -0.15) is 0 Å². The van der Waals surface area contributed by atoms with Crippen molar-refractivity contribution < 1.29 is 4.79 Å². The SMILES string of the molecule is Cc1ccc2c(c1)/C(=C/c1c(Cl)cccc1Cl)C(=O)N2. The summed E-state index contributed by atoms with van der Waals surface area (Å²) in [5.74, 6) is -0.137. The van der Waals surface area contributed by atoms with Gasteiger partial charge in [-0.25, -0.2) is 0 Å². The van der Waals surface area contributed by atoms with E-state index in [1.165, 1.54) is 0 Å². The molecule has 0 saturated carbocycles. The average molecular weight is 304 g/mol. The topological polar surface area (TPSA) is 29.1 Å². The van der Waals surface area contributed by atoms with Gasteiger partial charge in [-0.05, 0) is 37.3 Å². The van der Waals surface area contributed by atoms with E-state index in [0.29, 0.717) is 21.2 Å². The number of amides is 1. The van der Waals surface area contributed by atoms with Gasteiger partial charge in [0.25, 0.3) is 5.91 Å². The largest absolute Gasteiger partial charge is 0.321 e. The fraction of sp³-hybridized carbons (Fsp3) is 0.0625. The molecule has 100 valence electrons. The van der Waals surface area contributed by atoms with E-state index in [0.717, 1.165) is 16.8 Å². The van der Waals surface area contributed by atoms with Crippen molar-refractivity contribution in [3.05, 3.63) is 63.1 Å². The molecular weight excluding hydrogens is 293 g/mol. The molecule has 1 aliphatic heterocycles. The summed E-state index contributed by atoms with van der Waals surface area (Å²) in [6.45, 7) is 1.99. The number of hydrogen-bond acceptors (Lipinski definition) is 1. The number of nitrogens with one attached hydrogen (secondary N) is 1. The summed E-state index contributed by atoms with van der Waals surface area (Å²) < 4.78 is 0. The molecule has 0 aromatic heterocycles. The second-order valence-corrected chi connectivity index (χ2v) is 5.51. The monoisotopic (exact) mass is 303 g/mol. The van der Waals surface area contributed by atoms with Crippen molar-refractivity contribution >= 4 is 46.4 Å². The van der Waals surface area contributed by atoms with Crippen molar-refractivity contribution in [3.63, 3.8) is 0 Å². The lowest BCUT2D eigenvalue weighted by Crippen LogP contribution is -2.03. The van der Waals surface area contributed by atoms with Crippen LogP contribution in [0.2, 0.25) is 10.0 Å². The maximum atomic E-state index is 12.1. The lowest BCUT2D eigenvalue weighted by atomic mass is 10.0. The molecule has 1 N–H and O–H groups in total. The number of anilines is 1. The van der Waals surface area contributed by atoms with Crippen LogP contribution in [0.15, 0.2) is 36.4 Å². The number of carbonyl (C=O) groups is 1. The third-order valence-corrected chi connectivity index (χ3v) is 3.91. The highest BCUT2D eigenvalue weighted by Crippen LogP contribution is 2.36. The highest BCUT2D eigenvalue weighted by Gasteiger charge is 2.24. The van der Waals surface area contributed by atoms with Gasteiger partial charge in [-0.15, -0.1) is 0 Å². The predicted molar refractivity (Wildman–Crippen MR) is 84.1 cm³/mol. The Morgan fingerprint density at radius 3 is 2.50 bits per heavy atom. The van der Waals surface area contributed by atoms with Crippen LogP contribution in [0.1, 0.15) is 16.7 Å². The number of hydrogen-bond donors (Lipinski definition) is 1. The number of fused-ring (bicyclic) bond motifs is 1. The maximum Gasteiger partial charge on any atom is 0.256 e. The van der Waals surface area contributed by atoms with Crippen molar-refractivity contribution in [1.82, 2.24) is 0 Å². The van der Waals surface area contributed by atoms with Crippen LogP contribution in [0.3, 0.4) is 0 Å². The Hall–Kier alpha value is -1.77. The minimum atomic E-state index is -0.137. The van der Waals surface area contributed by atoms with E-state index in [4.69, 9.17) is 23.2 Å². The summed E-state index contributed by atoms with van der Waals surface area (Å²) >= 11 is 12.3. The van der Waals surface area contributed by atoms with Crippen molar-refractivity contribution in [2.24, 2.45) is 0 Å². The zero-order chi connectivity index (χ0) is 14.3. The number of aryl methyl sites for hydroxylation is 1. The summed E-state index contributed by atoms with van der Waals surface area (Å²) in [7, 11) is 0. The Bertz CT molecular complexity index is 730. The van der Waals surface area contributed by atoms with Crippen molar-refractivity contribution in [2.75, 3.05) is 5.32 Å². The van der Waals surface area contributed by atoms with E-state index in [-0.39, 0.29) is 5.91 Å². The second kappa shape index (κ2) is 4.97. The quantitative estimate of drug-likeness (QED) is 0.754. The van der Waals surface area contributed by atoms with E-state index in [1.54, 1.807) is 24.3 Å². The summed E-state index contributed by atoms with van der Waals surface area (Å²) in [6.07, 6.45) is 1.74. The molecule has 1 heterocycles. The molecule has 4 heteroatoms. The summed E-state index contributed by atoms with van der Waals surface area (Å²) in [6, 6.07) is 11.1. The molecule has 3 rings (SSSR count). The average Bonchev–Trinajstić information content (AvgIpc) is 2.70. The van der Waals surface area contributed by atoms with Gasteiger partial charge in [-0.3, -0.25) is 4.79 Å². The minimum Gasteiger partial charge on any atom is -0.321 e. The fourth-order valence-corrected chi connectivity index (χ4v) is 2.74. The number of rotatable bonds is 1. The molecule has 0 unspecified atom stereocenters. The Balaban J connectivity index is 2.18. The number of benzene rings is 2. The van der Waals surface area contributed by atoms with E-state index in [9.17, 15) is 4.79 Å². The van der Waals surface area contributed by atoms with Gasteiger partial charge in [0.15, 0.2) is 0 Å². The van der Waals surface area contributed by atoms with Gasteiger partial charge in [0.05, 0.1) is 0 Å². The van der Waals surface area contributed by atoms with Crippen molar-refractivity contribution in [3.8, 4) is 0 Å². The smallest absolute Gasteiger partial charge is 0.256 e. The first-order valence-corrected chi connectivity index (χ1v) is 6.90. The lowest BCUT2D eigenvalue weighted by Gasteiger charge is -2.04. The first kappa shape index (κ1) is 13.2. The van der Waals surface area contributed by atoms with Crippen LogP contribution in [0.4, 0.5) is 5.69 Å². The van der Waals surface area contributed by atoms with Gasteiger partial charge in [0.1, 0.15) is 0 Å². The Kier molecular flexibility index (Phi) is 3.28. The molecule has 0 spiro atoms. The molecule has 0 atom stereocenters. The zero-order valence-corrected chi connectivity index (χ0v) is 12.2. The predicted octanol–water partition coefficient (Wildman–Crippen LogP) is 4.79. The molecule has 1 amide bonds. The first-order chi connectivity index (χ1) is 9.56. The van der Waals surface area contributed by atoms with Gasteiger partial charge >= 0.3 is 0 Å². The Morgan fingerprint density at radius 2 is 1.80 bits per heavy atom. The second-order valence-electron chi connectivity index (χ2n) is 4.70. The molecular formula is C16H11Cl2NO. The fourth-order valence-electron chi connectivity index (χ4n) is 2.24. The molecule has 2 aromatic carbocycles. The van der Waals surface area contributed by atoms with Crippen LogP contribution >= 0.6 is 23.2 Å². The van der Waals surface area contributed by atoms with Crippen LogP contribution in [0, 0.1) is 6.92 Å². The Morgan fingerprint density at radius 1 is 1.10 bits per heavy atom. The molecule has 2 nitrogen and oxygen atoms in total. The van der Waals surface area contributed by atoms with Crippen LogP contribution in [-0.4, -0.2) is 5.91 Å². The van der Waals surface area contributed by atoms with Gasteiger partial charge in [-0.1, -0.05) is 40.9 Å². The number of carbonyl (C=O) groups excluding carboxylic acids is 1. The maximum absolute atomic E-state index is 12.1. The van der Waals surface area contributed by atoms with E-state index < -0.39 is 0 Å². The normalized spacial score (nSPS) is 15.3. The summed E-state index contributed by atoms with van der Waals surface area (Å²) in [4.78, 5) is 12.1. The summed E-state index contributed by atoms with van der Waals surface area (Å²) in [5.41, 5.74) is 4.03. The van der Waals surface area contributed by atoms with Crippen molar-refractivity contribution in [2.45, 2.75) is 6.92 Å². The Labute approximate surface area is 127 Å². The molecule has 1 aliphatic rings. The third-order valence-electron chi connectivity index (χ3n) is 3.25. The van der Waals surface area contributed by atoms with Crippen LogP contribution in [0.5, 0.6) is 0 Å². The first-order valence-electron chi connectivity index (χ1n) is 6.14. The van der Waals surface area contributed by atoms with Gasteiger partial charge in [0.2, 0.25) is 0 Å². The number of halogens is 2. The van der Waals surface area contributed by atoms with E-state index in [2.05, 4.69) is 5.32 Å². The molecule has 20 heavy (non-hydrogen) atoms. The third kappa shape index (κ3) is 2.21. The lowest BCUT2D eigenvalue weighted by molar-refractivity contribution is -0.110. The van der Waals surface area contributed by atoms with Crippen molar-refractivity contribution in [1.29, 1.82) is 0 Å². The zero-order valence-electron chi connectivity index (χ0n) is 10.7. The van der Waals surface area contributed by atoms with Crippen LogP contribution in [0.25, 0.3) is 11.6 Å².